The van der Waals surface area contributed by atoms with Crippen LogP contribution in [-0.4, -0.2) is 11.2 Å². The number of nitrogens with one attached hydrogen (secondary N) is 1. The number of hydrogen-bond donors (Lipinski definition) is 2. The molecular formula is C16H17ClN2OS. The van der Waals surface area contributed by atoms with Gasteiger partial charge in [0.15, 0.2) is 0 Å². The first kappa shape index (κ1) is 15.7. The molecule has 0 aliphatic heterocycles. The number of rotatable bonds is 4. The zero-order valence-electron chi connectivity index (χ0n) is 11.9. The molecule has 0 aliphatic carbocycles. The third kappa shape index (κ3) is 4.16. The number of halogens is 1. The average molecular weight is 321 g/mol. The van der Waals surface area contributed by atoms with E-state index in [0.717, 1.165) is 16.1 Å². The first-order chi connectivity index (χ1) is 9.97. The van der Waals surface area contributed by atoms with Crippen molar-refractivity contribution in [1.29, 1.82) is 0 Å². The highest BCUT2D eigenvalue weighted by Crippen LogP contribution is 2.27. The van der Waals surface area contributed by atoms with Crippen LogP contribution in [0.5, 0.6) is 0 Å². The van der Waals surface area contributed by atoms with Gasteiger partial charge in [-0.15, -0.1) is 11.8 Å². The molecule has 3 N–H and O–H groups in total. The molecule has 0 saturated carbocycles. The Morgan fingerprint density at radius 1 is 1.29 bits per heavy atom. The second-order valence-electron chi connectivity index (χ2n) is 4.73. The highest BCUT2D eigenvalue weighted by atomic mass is 35.5. The van der Waals surface area contributed by atoms with Crippen molar-refractivity contribution in [2.24, 2.45) is 0 Å². The molecular weight excluding hydrogens is 304 g/mol. The lowest BCUT2D eigenvalue weighted by Gasteiger charge is -2.14. The van der Waals surface area contributed by atoms with Crippen LogP contribution in [0.25, 0.3) is 0 Å². The molecule has 1 atom stereocenters. The molecule has 2 aromatic carbocycles. The molecule has 0 saturated heterocycles. The summed E-state index contributed by atoms with van der Waals surface area (Å²) >= 11 is 7.42. The van der Waals surface area contributed by atoms with Crippen LogP contribution in [0.3, 0.4) is 0 Å². The van der Waals surface area contributed by atoms with Crippen LogP contribution in [-0.2, 0) is 4.79 Å². The number of amides is 1. The Kier molecular flexibility index (Phi) is 5.15. The molecule has 2 aromatic rings. The van der Waals surface area contributed by atoms with Crippen molar-refractivity contribution in [1.82, 2.24) is 0 Å². The van der Waals surface area contributed by atoms with Crippen molar-refractivity contribution in [2.75, 3.05) is 11.1 Å². The van der Waals surface area contributed by atoms with E-state index in [4.69, 9.17) is 17.3 Å². The number of nitrogen functional groups attached to an aromatic ring is 1. The highest BCUT2D eigenvalue weighted by molar-refractivity contribution is 8.00. The minimum atomic E-state index is -0.232. The summed E-state index contributed by atoms with van der Waals surface area (Å²) in [5.74, 6) is -0.0614. The molecule has 0 bridgehead atoms. The molecule has 21 heavy (non-hydrogen) atoms. The number of hydrogen-bond acceptors (Lipinski definition) is 3. The van der Waals surface area contributed by atoms with Crippen molar-refractivity contribution in [3.8, 4) is 0 Å². The Labute approximate surface area is 133 Å². The minimum Gasteiger partial charge on any atom is -0.398 e. The molecule has 5 heteroatoms. The van der Waals surface area contributed by atoms with Crippen molar-refractivity contribution in [3.05, 3.63) is 53.1 Å². The van der Waals surface area contributed by atoms with E-state index >= 15 is 0 Å². The van der Waals surface area contributed by atoms with Gasteiger partial charge in [0.1, 0.15) is 0 Å². The van der Waals surface area contributed by atoms with Gasteiger partial charge in [0.25, 0.3) is 0 Å². The summed E-state index contributed by atoms with van der Waals surface area (Å²) in [7, 11) is 0. The van der Waals surface area contributed by atoms with E-state index in [1.807, 2.05) is 56.3 Å². The average Bonchev–Trinajstić information content (AvgIpc) is 2.44. The van der Waals surface area contributed by atoms with E-state index in [1.54, 1.807) is 0 Å². The first-order valence-corrected chi connectivity index (χ1v) is 7.81. The second-order valence-corrected chi connectivity index (χ2v) is 6.58. The van der Waals surface area contributed by atoms with Gasteiger partial charge in [-0.3, -0.25) is 4.79 Å². The van der Waals surface area contributed by atoms with Crippen LogP contribution in [0.4, 0.5) is 11.4 Å². The van der Waals surface area contributed by atoms with Crippen LogP contribution in [0, 0.1) is 6.92 Å². The van der Waals surface area contributed by atoms with Gasteiger partial charge in [0, 0.05) is 21.3 Å². The molecule has 2 rings (SSSR count). The number of nitrogens with two attached hydrogens (primary N) is 1. The van der Waals surface area contributed by atoms with Crippen molar-refractivity contribution >= 4 is 40.6 Å². The van der Waals surface area contributed by atoms with Crippen LogP contribution in [0.1, 0.15) is 12.5 Å². The minimum absolute atomic E-state index is 0.0614. The molecule has 0 radical (unpaired) electrons. The Morgan fingerprint density at radius 2 is 2.00 bits per heavy atom. The van der Waals surface area contributed by atoms with Gasteiger partial charge in [0.2, 0.25) is 5.91 Å². The number of benzene rings is 2. The second kappa shape index (κ2) is 6.87. The van der Waals surface area contributed by atoms with Gasteiger partial charge in [-0.25, -0.2) is 0 Å². The van der Waals surface area contributed by atoms with Gasteiger partial charge in [-0.1, -0.05) is 23.7 Å². The van der Waals surface area contributed by atoms with Gasteiger partial charge in [-0.2, -0.15) is 0 Å². The molecule has 3 nitrogen and oxygen atoms in total. The van der Waals surface area contributed by atoms with E-state index in [0.29, 0.717) is 10.7 Å². The summed E-state index contributed by atoms with van der Waals surface area (Å²) in [6.07, 6.45) is 0. The summed E-state index contributed by atoms with van der Waals surface area (Å²) in [4.78, 5) is 13.2. The first-order valence-electron chi connectivity index (χ1n) is 6.55. The molecule has 1 unspecified atom stereocenters. The van der Waals surface area contributed by atoms with E-state index in [-0.39, 0.29) is 11.2 Å². The maximum absolute atomic E-state index is 12.3. The molecule has 0 aliphatic rings. The van der Waals surface area contributed by atoms with E-state index in [9.17, 15) is 4.79 Å². The zero-order valence-corrected chi connectivity index (χ0v) is 13.5. The predicted octanol–water partition coefficient (Wildman–Crippen LogP) is 4.35. The van der Waals surface area contributed by atoms with Crippen molar-refractivity contribution in [2.45, 2.75) is 24.0 Å². The summed E-state index contributed by atoms with van der Waals surface area (Å²) < 4.78 is 0. The predicted molar refractivity (Wildman–Crippen MR) is 91.0 cm³/mol. The normalized spacial score (nSPS) is 12.0. The fourth-order valence-corrected chi connectivity index (χ4v) is 3.00. The van der Waals surface area contributed by atoms with Crippen LogP contribution >= 0.6 is 23.4 Å². The van der Waals surface area contributed by atoms with E-state index < -0.39 is 0 Å². The monoisotopic (exact) mass is 320 g/mol. The Balaban J connectivity index is 2.04. The number of thioether (sulfide) groups is 1. The molecule has 0 heterocycles. The van der Waals surface area contributed by atoms with Crippen LogP contribution in [0.15, 0.2) is 47.4 Å². The van der Waals surface area contributed by atoms with Crippen LogP contribution in [0.2, 0.25) is 5.02 Å². The van der Waals surface area contributed by atoms with Crippen molar-refractivity contribution < 1.29 is 4.79 Å². The Bertz CT molecular complexity index is 660. The van der Waals surface area contributed by atoms with Gasteiger partial charge in [0.05, 0.1) is 5.25 Å². The van der Waals surface area contributed by atoms with Crippen LogP contribution < -0.4 is 11.1 Å². The van der Waals surface area contributed by atoms with Gasteiger partial charge < -0.3 is 11.1 Å². The van der Waals surface area contributed by atoms with Gasteiger partial charge in [-0.05, 0) is 49.7 Å². The number of carbonyl (C=O) groups excluding carboxylic acids is 1. The lowest BCUT2D eigenvalue weighted by atomic mass is 10.1. The fourth-order valence-electron chi connectivity index (χ4n) is 1.82. The standard InChI is InChI=1S/C16H17ClN2OS/c1-10-14(18)7-4-8-15(10)19-16(20)11(2)21-13-6-3-5-12(17)9-13/h3-9,11H,18H2,1-2H3,(H,19,20). The fraction of sp³-hybridized carbons (Fsp3) is 0.188. The van der Waals surface area contributed by atoms with E-state index in [1.165, 1.54) is 11.8 Å². The topological polar surface area (TPSA) is 55.1 Å². The van der Waals surface area contributed by atoms with Crippen molar-refractivity contribution in [3.63, 3.8) is 0 Å². The molecule has 110 valence electrons. The SMILES string of the molecule is Cc1c(N)cccc1NC(=O)C(C)Sc1cccc(Cl)c1. The Morgan fingerprint density at radius 3 is 2.71 bits per heavy atom. The molecule has 0 aromatic heterocycles. The lowest BCUT2D eigenvalue weighted by Crippen LogP contribution is -2.23. The number of carbonyl (C=O) groups is 1. The van der Waals surface area contributed by atoms with Gasteiger partial charge >= 0.3 is 0 Å². The largest absolute Gasteiger partial charge is 0.398 e. The summed E-state index contributed by atoms with van der Waals surface area (Å²) in [6, 6.07) is 13.0. The molecule has 0 spiro atoms. The maximum Gasteiger partial charge on any atom is 0.237 e. The summed E-state index contributed by atoms with van der Waals surface area (Å²) in [5.41, 5.74) is 8.14. The quantitative estimate of drug-likeness (QED) is 0.650. The zero-order chi connectivity index (χ0) is 15.4. The maximum atomic E-state index is 12.3. The summed E-state index contributed by atoms with van der Waals surface area (Å²) in [6.45, 7) is 3.75. The third-order valence-electron chi connectivity index (χ3n) is 3.11. The number of anilines is 2. The van der Waals surface area contributed by atoms with E-state index in [2.05, 4.69) is 5.32 Å². The molecule has 1 amide bonds. The Hall–Kier alpha value is -1.65. The third-order valence-corrected chi connectivity index (χ3v) is 4.44. The molecule has 0 fully saturated rings. The highest BCUT2D eigenvalue weighted by Gasteiger charge is 2.15. The summed E-state index contributed by atoms with van der Waals surface area (Å²) in [5, 5.41) is 3.35. The smallest absolute Gasteiger partial charge is 0.237 e. The lowest BCUT2D eigenvalue weighted by molar-refractivity contribution is -0.115.